The molecule has 4 heteroatoms. The summed E-state index contributed by atoms with van der Waals surface area (Å²) in [6, 6.07) is 5.92. The number of aliphatic hydroxyl groups is 1. The SMILES string of the molecule is CCC12CC3CC(O)(C1)CC(C(=O)N(C)CCc1ccccn1)(C3)C2. The van der Waals surface area contributed by atoms with Crippen LogP contribution in [0.1, 0.15) is 57.6 Å². The van der Waals surface area contributed by atoms with E-state index >= 15 is 0 Å². The highest BCUT2D eigenvalue weighted by molar-refractivity contribution is 5.83. The standard InChI is InChI=1S/C21H30N2O2/c1-3-19-10-16-11-20(13-19,15-21(25,12-16)14-19)18(24)23(2)9-7-17-6-4-5-8-22-17/h4-6,8,16,25H,3,7,9-15H2,1-2H3. The molecule has 1 heterocycles. The number of pyridine rings is 1. The van der Waals surface area contributed by atoms with Crippen molar-refractivity contribution in [2.24, 2.45) is 16.7 Å². The molecule has 1 aromatic heterocycles. The van der Waals surface area contributed by atoms with E-state index in [1.807, 2.05) is 30.1 Å². The summed E-state index contributed by atoms with van der Waals surface area (Å²) in [6.07, 6.45) is 9.30. The minimum atomic E-state index is -0.604. The lowest BCUT2D eigenvalue weighted by molar-refractivity contribution is -0.209. The Morgan fingerprint density at radius 1 is 1.28 bits per heavy atom. The second-order valence-electron chi connectivity index (χ2n) is 9.16. The molecule has 0 saturated heterocycles. The first-order valence-corrected chi connectivity index (χ1v) is 9.76. The molecule has 4 aliphatic rings. The van der Waals surface area contributed by atoms with Gasteiger partial charge in [-0.1, -0.05) is 19.4 Å². The van der Waals surface area contributed by atoms with Crippen LogP contribution in [0.15, 0.2) is 24.4 Å². The van der Waals surface area contributed by atoms with Crippen LogP contribution in [0, 0.1) is 16.7 Å². The molecular weight excluding hydrogens is 312 g/mol. The van der Waals surface area contributed by atoms with E-state index in [0.29, 0.717) is 18.9 Å². The van der Waals surface area contributed by atoms with Crippen LogP contribution < -0.4 is 0 Å². The van der Waals surface area contributed by atoms with Crippen LogP contribution in [-0.4, -0.2) is 40.1 Å². The van der Waals surface area contributed by atoms with Crippen molar-refractivity contribution in [1.29, 1.82) is 0 Å². The highest BCUT2D eigenvalue weighted by atomic mass is 16.3. The first-order valence-electron chi connectivity index (χ1n) is 9.76. The monoisotopic (exact) mass is 342 g/mol. The van der Waals surface area contributed by atoms with Crippen LogP contribution in [0.2, 0.25) is 0 Å². The number of carbonyl (C=O) groups is 1. The molecular formula is C21H30N2O2. The molecule has 1 amide bonds. The van der Waals surface area contributed by atoms with Crippen molar-refractivity contribution in [1.82, 2.24) is 9.88 Å². The van der Waals surface area contributed by atoms with Gasteiger partial charge in [-0.3, -0.25) is 9.78 Å². The van der Waals surface area contributed by atoms with E-state index in [1.165, 1.54) is 6.42 Å². The van der Waals surface area contributed by atoms with Gasteiger partial charge in [-0.15, -0.1) is 0 Å². The van der Waals surface area contributed by atoms with E-state index in [0.717, 1.165) is 44.2 Å². The van der Waals surface area contributed by atoms with Crippen molar-refractivity contribution < 1.29 is 9.90 Å². The van der Waals surface area contributed by atoms with Crippen molar-refractivity contribution in [2.45, 2.75) is 63.9 Å². The molecule has 4 atom stereocenters. The van der Waals surface area contributed by atoms with E-state index in [4.69, 9.17) is 0 Å². The Morgan fingerprint density at radius 3 is 2.80 bits per heavy atom. The van der Waals surface area contributed by atoms with Crippen LogP contribution in [-0.2, 0) is 11.2 Å². The molecule has 4 unspecified atom stereocenters. The highest BCUT2D eigenvalue weighted by Crippen LogP contribution is 2.67. The second-order valence-corrected chi connectivity index (χ2v) is 9.16. The van der Waals surface area contributed by atoms with E-state index in [9.17, 15) is 9.90 Å². The number of aromatic nitrogens is 1. The number of hydrogen-bond acceptors (Lipinski definition) is 3. The van der Waals surface area contributed by atoms with Crippen molar-refractivity contribution in [3.05, 3.63) is 30.1 Å². The van der Waals surface area contributed by atoms with Crippen molar-refractivity contribution in [3.8, 4) is 0 Å². The lowest BCUT2D eigenvalue weighted by Gasteiger charge is -2.64. The number of carbonyl (C=O) groups excluding carboxylic acids is 1. The molecule has 5 rings (SSSR count). The highest BCUT2D eigenvalue weighted by Gasteiger charge is 2.65. The fraction of sp³-hybridized carbons (Fsp3) is 0.714. The summed E-state index contributed by atoms with van der Waals surface area (Å²) in [7, 11) is 1.92. The summed E-state index contributed by atoms with van der Waals surface area (Å²) in [5.41, 5.74) is 0.276. The van der Waals surface area contributed by atoms with Gasteiger partial charge in [0.1, 0.15) is 0 Å². The fourth-order valence-electron chi connectivity index (χ4n) is 6.55. The van der Waals surface area contributed by atoms with Gasteiger partial charge >= 0.3 is 0 Å². The molecule has 4 aliphatic carbocycles. The molecule has 0 aliphatic heterocycles. The number of amides is 1. The number of nitrogens with zero attached hydrogens (tertiary/aromatic N) is 2. The molecule has 0 spiro atoms. The van der Waals surface area contributed by atoms with E-state index in [1.54, 1.807) is 6.20 Å². The molecule has 4 saturated carbocycles. The van der Waals surface area contributed by atoms with Crippen LogP contribution >= 0.6 is 0 Å². The van der Waals surface area contributed by atoms with Crippen LogP contribution in [0.4, 0.5) is 0 Å². The minimum absolute atomic E-state index is 0.186. The second kappa shape index (κ2) is 5.80. The Kier molecular flexibility index (Phi) is 3.95. The van der Waals surface area contributed by atoms with Gasteiger partial charge in [-0.2, -0.15) is 0 Å². The fourth-order valence-corrected chi connectivity index (χ4v) is 6.55. The third kappa shape index (κ3) is 2.88. The summed E-state index contributed by atoms with van der Waals surface area (Å²) in [5.74, 6) is 0.776. The van der Waals surface area contributed by atoms with E-state index in [-0.39, 0.29) is 16.7 Å². The van der Waals surface area contributed by atoms with Gasteiger partial charge in [0.15, 0.2) is 0 Å². The summed E-state index contributed by atoms with van der Waals surface area (Å²) in [5, 5.41) is 11.1. The summed E-state index contributed by atoms with van der Waals surface area (Å²) >= 11 is 0. The number of hydrogen-bond donors (Lipinski definition) is 1. The van der Waals surface area contributed by atoms with Crippen LogP contribution in [0.25, 0.3) is 0 Å². The predicted octanol–water partition coefficient (Wildman–Crippen LogP) is 3.19. The smallest absolute Gasteiger partial charge is 0.228 e. The molecule has 4 nitrogen and oxygen atoms in total. The summed E-state index contributed by atoms with van der Waals surface area (Å²) in [6.45, 7) is 2.93. The van der Waals surface area contributed by atoms with Gasteiger partial charge in [-0.25, -0.2) is 0 Å². The zero-order valence-electron chi connectivity index (χ0n) is 15.5. The molecule has 1 aromatic rings. The average molecular weight is 342 g/mol. The van der Waals surface area contributed by atoms with Crippen LogP contribution in [0.3, 0.4) is 0 Å². The quantitative estimate of drug-likeness (QED) is 0.894. The maximum Gasteiger partial charge on any atom is 0.228 e. The van der Waals surface area contributed by atoms with Crippen molar-refractivity contribution in [3.63, 3.8) is 0 Å². The maximum absolute atomic E-state index is 13.4. The predicted molar refractivity (Wildman–Crippen MR) is 96.9 cm³/mol. The largest absolute Gasteiger partial charge is 0.390 e. The average Bonchev–Trinajstić information content (AvgIpc) is 2.58. The zero-order chi connectivity index (χ0) is 17.7. The summed E-state index contributed by atoms with van der Waals surface area (Å²) in [4.78, 5) is 19.7. The first-order chi connectivity index (χ1) is 11.9. The van der Waals surface area contributed by atoms with Gasteiger partial charge in [-0.05, 0) is 62.0 Å². The Hall–Kier alpha value is -1.42. The maximum atomic E-state index is 13.4. The Morgan fingerprint density at radius 2 is 2.12 bits per heavy atom. The zero-order valence-corrected chi connectivity index (χ0v) is 15.5. The Balaban J connectivity index is 1.51. The molecule has 4 bridgehead atoms. The molecule has 4 fully saturated rings. The van der Waals surface area contributed by atoms with Gasteiger partial charge in [0.25, 0.3) is 0 Å². The van der Waals surface area contributed by atoms with Gasteiger partial charge in [0.05, 0.1) is 11.0 Å². The minimum Gasteiger partial charge on any atom is -0.390 e. The normalized spacial score (nSPS) is 38.8. The van der Waals surface area contributed by atoms with Gasteiger partial charge in [0.2, 0.25) is 5.91 Å². The molecule has 0 radical (unpaired) electrons. The van der Waals surface area contributed by atoms with E-state index < -0.39 is 5.60 Å². The van der Waals surface area contributed by atoms with Gasteiger partial charge < -0.3 is 10.0 Å². The lowest BCUT2D eigenvalue weighted by atomic mass is 9.42. The Bertz CT molecular complexity index is 663. The first kappa shape index (κ1) is 17.0. The number of rotatable bonds is 5. The third-order valence-corrected chi connectivity index (χ3v) is 7.13. The van der Waals surface area contributed by atoms with E-state index in [2.05, 4.69) is 11.9 Å². The topological polar surface area (TPSA) is 53.4 Å². The summed E-state index contributed by atoms with van der Waals surface area (Å²) < 4.78 is 0. The lowest BCUT2D eigenvalue weighted by Crippen LogP contribution is -2.63. The van der Waals surface area contributed by atoms with Crippen molar-refractivity contribution >= 4 is 5.91 Å². The van der Waals surface area contributed by atoms with Crippen LogP contribution in [0.5, 0.6) is 0 Å². The molecule has 1 N–H and O–H groups in total. The number of likely N-dealkylation sites (N-methyl/N-ethyl adjacent to an activating group) is 1. The molecule has 136 valence electrons. The van der Waals surface area contributed by atoms with Crippen molar-refractivity contribution in [2.75, 3.05) is 13.6 Å². The third-order valence-electron chi connectivity index (χ3n) is 7.13. The molecule has 25 heavy (non-hydrogen) atoms. The van der Waals surface area contributed by atoms with Gasteiger partial charge in [0, 0.05) is 31.9 Å². The Labute approximate surface area is 150 Å². The molecule has 0 aromatic carbocycles.